The molecule has 3 rings (SSSR count). The molecule has 0 saturated carbocycles. The van der Waals surface area contributed by atoms with Crippen molar-refractivity contribution in [2.75, 3.05) is 31.1 Å². The van der Waals surface area contributed by atoms with Crippen molar-refractivity contribution in [1.82, 2.24) is 15.6 Å². The molecule has 29 heavy (non-hydrogen) atoms. The number of morpholine rings is 1. The minimum atomic E-state index is -0.513. The van der Waals surface area contributed by atoms with Crippen molar-refractivity contribution in [3.63, 3.8) is 0 Å². The summed E-state index contributed by atoms with van der Waals surface area (Å²) >= 11 is 0. The van der Waals surface area contributed by atoms with E-state index in [1.54, 1.807) is 24.4 Å². The number of rotatable bonds is 6. The number of pyridine rings is 1. The molecule has 0 radical (unpaired) electrons. The van der Waals surface area contributed by atoms with Crippen LogP contribution in [0.15, 0.2) is 42.6 Å². The lowest BCUT2D eigenvalue weighted by atomic mass is 9.84. The van der Waals surface area contributed by atoms with Crippen LogP contribution in [0, 0.1) is 5.82 Å². The van der Waals surface area contributed by atoms with Gasteiger partial charge in [0, 0.05) is 37.8 Å². The van der Waals surface area contributed by atoms with Crippen molar-refractivity contribution in [2.24, 2.45) is 0 Å². The maximum Gasteiger partial charge on any atom is 0.315 e. The first-order chi connectivity index (χ1) is 13.8. The lowest BCUT2D eigenvalue weighted by Gasteiger charge is -2.32. The summed E-state index contributed by atoms with van der Waals surface area (Å²) in [4.78, 5) is 18.9. The summed E-state index contributed by atoms with van der Waals surface area (Å²) in [5.41, 5.74) is 0.984. The van der Waals surface area contributed by atoms with Gasteiger partial charge in [0.2, 0.25) is 0 Å². The van der Waals surface area contributed by atoms with Crippen LogP contribution in [-0.4, -0.2) is 43.4 Å². The van der Waals surface area contributed by atoms with Gasteiger partial charge < -0.3 is 20.3 Å². The predicted molar refractivity (Wildman–Crippen MR) is 112 cm³/mol. The molecule has 1 aliphatic rings. The van der Waals surface area contributed by atoms with Gasteiger partial charge in [-0.3, -0.25) is 0 Å². The van der Waals surface area contributed by atoms with E-state index in [4.69, 9.17) is 4.74 Å². The second-order valence-corrected chi connectivity index (χ2v) is 8.05. The van der Waals surface area contributed by atoms with Crippen LogP contribution in [0.1, 0.15) is 31.9 Å². The van der Waals surface area contributed by atoms with Crippen molar-refractivity contribution in [3.05, 3.63) is 59.5 Å². The van der Waals surface area contributed by atoms with Gasteiger partial charge in [0.25, 0.3) is 0 Å². The van der Waals surface area contributed by atoms with E-state index in [1.165, 1.54) is 6.07 Å². The van der Waals surface area contributed by atoms with Crippen LogP contribution in [0.3, 0.4) is 0 Å². The average Bonchev–Trinajstić information content (AvgIpc) is 2.71. The van der Waals surface area contributed by atoms with Crippen LogP contribution >= 0.6 is 0 Å². The maximum absolute atomic E-state index is 14.0. The molecular formula is C22H29FN4O2. The van der Waals surface area contributed by atoms with Gasteiger partial charge in [0.1, 0.15) is 11.6 Å². The number of halogens is 1. The lowest BCUT2D eigenvalue weighted by Crippen LogP contribution is -2.42. The third-order valence-corrected chi connectivity index (χ3v) is 5.12. The number of amides is 2. The smallest absolute Gasteiger partial charge is 0.315 e. The van der Waals surface area contributed by atoms with Crippen molar-refractivity contribution in [1.29, 1.82) is 0 Å². The van der Waals surface area contributed by atoms with E-state index in [0.717, 1.165) is 24.5 Å². The van der Waals surface area contributed by atoms with Crippen molar-refractivity contribution in [3.8, 4) is 0 Å². The van der Waals surface area contributed by atoms with Crippen LogP contribution in [0.5, 0.6) is 0 Å². The number of nitrogens with zero attached hydrogens (tertiary/aromatic N) is 2. The Morgan fingerprint density at radius 3 is 2.76 bits per heavy atom. The number of hydrogen-bond donors (Lipinski definition) is 2. The molecule has 2 amide bonds. The molecule has 1 saturated heterocycles. The van der Waals surface area contributed by atoms with Gasteiger partial charge in [0.15, 0.2) is 0 Å². The average molecular weight is 400 g/mol. The Morgan fingerprint density at radius 2 is 2.07 bits per heavy atom. The number of nitrogens with one attached hydrogen (secondary N) is 2. The van der Waals surface area contributed by atoms with Crippen LogP contribution in [-0.2, 0) is 16.7 Å². The maximum atomic E-state index is 14.0. The van der Waals surface area contributed by atoms with Crippen LogP contribution in [0.25, 0.3) is 0 Å². The monoisotopic (exact) mass is 400 g/mol. The van der Waals surface area contributed by atoms with E-state index in [-0.39, 0.29) is 18.0 Å². The number of carbonyl (C=O) groups excluding carboxylic acids is 1. The molecule has 156 valence electrons. The fraction of sp³-hybridized carbons (Fsp3) is 0.455. The minimum Gasteiger partial charge on any atom is -0.375 e. The Kier molecular flexibility index (Phi) is 6.69. The first kappa shape index (κ1) is 21.0. The highest BCUT2D eigenvalue weighted by Crippen LogP contribution is 2.24. The molecule has 1 aromatic heterocycles. The number of benzene rings is 1. The van der Waals surface area contributed by atoms with Gasteiger partial charge in [0.05, 0.1) is 12.7 Å². The zero-order valence-corrected chi connectivity index (χ0v) is 17.2. The molecule has 2 N–H and O–H groups in total. The van der Waals surface area contributed by atoms with Crippen molar-refractivity contribution in [2.45, 2.75) is 38.8 Å². The normalized spacial score (nSPS) is 17.1. The summed E-state index contributed by atoms with van der Waals surface area (Å²) in [5, 5.41) is 5.65. The van der Waals surface area contributed by atoms with Crippen molar-refractivity contribution >= 4 is 11.8 Å². The first-order valence-corrected chi connectivity index (χ1v) is 9.93. The Morgan fingerprint density at radius 1 is 1.28 bits per heavy atom. The molecule has 1 fully saturated rings. The summed E-state index contributed by atoms with van der Waals surface area (Å²) in [6.07, 6.45) is 1.98. The van der Waals surface area contributed by atoms with E-state index in [2.05, 4.69) is 27.4 Å². The minimum absolute atomic E-state index is 0.198. The highest BCUT2D eigenvalue weighted by Gasteiger charge is 2.24. The summed E-state index contributed by atoms with van der Waals surface area (Å²) in [7, 11) is 0. The molecule has 0 spiro atoms. The Labute approximate surface area is 171 Å². The van der Waals surface area contributed by atoms with Crippen LogP contribution in [0.4, 0.5) is 15.0 Å². The van der Waals surface area contributed by atoms with E-state index in [1.807, 2.05) is 26.0 Å². The summed E-state index contributed by atoms with van der Waals surface area (Å²) in [6, 6.07) is 10.3. The molecule has 0 aliphatic carbocycles. The quantitative estimate of drug-likeness (QED) is 0.781. The van der Waals surface area contributed by atoms with Gasteiger partial charge in [-0.15, -0.1) is 0 Å². The number of urea groups is 1. The lowest BCUT2D eigenvalue weighted by molar-refractivity contribution is 0.0529. The van der Waals surface area contributed by atoms with E-state index < -0.39 is 5.41 Å². The Balaban J connectivity index is 1.47. The largest absolute Gasteiger partial charge is 0.375 e. The van der Waals surface area contributed by atoms with Gasteiger partial charge >= 0.3 is 6.03 Å². The topological polar surface area (TPSA) is 66.5 Å². The zero-order chi connectivity index (χ0) is 20.9. The summed E-state index contributed by atoms with van der Waals surface area (Å²) in [5.74, 6) is 0.653. The standard InChI is InChI=1S/C22H29FN4O2/c1-16-14-27(10-11-29-16)20-9-8-17(12-24-20)13-25-21(28)26-15-22(2,3)18-6-4-5-7-19(18)23/h4-9,12,16H,10-11,13-15H2,1-3H3,(H2,25,26,28). The number of ether oxygens (including phenoxy) is 1. The fourth-order valence-corrected chi connectivity index (χ4v) is 3.39. The molecular weight excluding hydrogens is 371 g/mol. The summed E-state index contributed by atoms with van der Waals surface area (Å²) < 4.78 is 19.6. The number of hydrogen-bond acceptors (Lipinski definition) is 4. The third-order valence-electron chi connectivity index (χ3n) is 5.12. The summed E-state index contributed by atoms with van der Waals surface area (Å²) in [6.45, 7) is 8.92. The second kappa shape index (κ2) is 9.22. The highest BCUT2D eigenvalue weighted by molar-refractivity contribution is 5.74. The SMILES string of the molecule is CC1CN(c2ccc(CNC(=O)NCC(C)(C)c3ccccc3F)cn2)CCO1. The molecule has 7 heteroatoms. The van der Waals surface area contributed by atoms with Gasteiger partial charge in [-0.1, -0.05) is 38.1 Å². The van der Waals surface area contributed by atoms with E-state index in [9.17, 15) is 9.18 Å². The van der Waals surface area contributed by atoms with E-state index in [0.29, 0.717) is 25.3 Å². The van der Waals surface area contributed by atoms with Crippen LogP contribution < -0.4 is 15.5 Å². The molecule has 1 aromatic carbocycles. The second-order valence-electron chi connectivity index (χ2n) is 8.05. The fourth-order valence-electron chi connectivity index (χ4n) is 3.39. The van der Waals surface area contributed by atoms with Gasteiger partial charge in [-0.25, -0.2) is 14.2 Å². The molecule has 1 atom stereocenters. The zero-order valence-electron chi connectivity index (χ0n) is 17.2. The Hall–Kier alpha value is -2.67. The molecule has 6 nitrogen and oxygen atoms in total. The molecule has 1 unspecified atom stereocenters. The predicted octanol–water partition coefficient (Wildman–Crippen LogP) is 3.22. The molecule has 1 aliphatic heterocycles. The molecule has 0 bridgehead atoms. The molecule has 2 aromatic rings. The van der Waals surface area contributed by atoms with Gasteiger partial charge in [-0.2, -0.15) is 0 Å². The number of aromatic nitrogens is 1. The van der Waals surface area contributed by atoms with Crippen LogP contribution in [0.2, 0.25) is 0 Å². The number of carbonyl (C=O) groups is 1. The highest BCUT2D eigenvalue weighted by atomic mass is 19.1. The van der Waals surface area contributed by atoms with Crippen molar-refractivity contribution < 1.29 is 13.9 Å². The number of anilines is 1. The van der Waals surface area contributed by atoms with Gasteiger partial charge in [-0.05, 0) is 30.2 Å². The Bertz CT molecular complexity index is 826. The third kappa shape index (κ3) is 5.67. The first-order valence-electron chi connectivity index (χ1n) is 9.93. The molecule has 2 heterocycles. The van der Waals surface area contributed by atoms with E-state index >= 15 is 0 Å².